The Morgan fingerprint density at radius 1 is 1.35 bits per heavy atom. The molecule has 90 valence electrons. The maximum Gasteiger partial charge on any atom is 0.126 e. The minimum atomic E-state index is 0.845. The minimum absolute atomic E-state index is 0.845. The zero-order valence-electron chi connectivity index (χ0n) is 9.34. The summed E-state index contributed by atoms with van der Waals surface area (Å²) in [4.78, 5) is 5.72. The smallest absolute Gasteiger partial charge is 0.126 e. The first-order chi connectivity index (χ1) is 8.15. The van der Waals surface area contributed by atoms with E-state index in [0.29, 0.717) is 0 Å². The highest BCUT2D eigenvalue weighted by Crippen LogP contribution is 2.22. The van der Waals surface area contributed by atoms with E-state index >= 15 is 0 Å². The molecule has 0 fully saturated rings. The Morgan fingerprint density at radius 3 is 2.82 bits per heavy atom. The first-order valence-electron chi connectivity index (χ1n) is 5.26. The zero-order valence-corrected chi connectivity index (χ0v) is 12.5. The van der Waals surface area contributed by atoms with Gasteiger partial charge in [0.1, 0.15) is 5.82 Å². The number of pyridine rings is 1. The average Bonchev–Trinajstić information content (AvgIpc) is 2.70. The van der Waals surface area contributed by atoms with Gasteiger partial charge in [-0.3, -0.25) is 0 Å². The van der Waals surface area contributed by atoms with Crippen LogP contribution in [0.2, 0.25) is 4.34 Å². The van der Waals surface area contributed by atoms with Crippen molar-refractivity contribution in [2.45, 2.75) is 13.3 Å². The normalized spacial score (nSPS) is 10.5. The largest absolute Gasteiger partial charge is 0.370 e. The summed E-state index contributed by atoms with van der Waals surface area (Å²) in [6.45, 7) is 2.85. The van der Waals surface area contributed by atoms with E-state index in [-0.39, 0.29) is 0 Å². The van der Waals surface area contributed by atoms with Crippen molar-refractivity contribution < 1.29 is 0 Å². The van der Waals surface area contributed by atoms with Gasteiger partial charge in [0, 0.05) is 15.9 Å². The van der Waals surface area contributed by atoms with Gasteiger partial charge in [0.25, 0.3) is 0 Å². The summed E-state index contributed by atoms with van der Waals surface area (Å²) in [6.07, 6.45) is 0.966. The molecule has 0 radical (unpaired) electrons. The molecule has 0 saturated heterocycles. The molecule has 0 atom stereocenters. The maximum atomic E-state index is 5.88. The van der Waals surface area contributed by atoms with Crippen LogP contribution in [0.5, 0.6) is 0 Å². The van der Waals surface area contributed by atoms with Gasteiger partial charge in [-0.05, 0) is 53.5 Å². The molecule has 0 spiro atoms. The maximum absolute atomic E-state index is 5.88. The third-order valence-corrected chi connectivity index (χ3v) is 4.46. The van der Waals surface area contributed by atoms with Gasteiger partial charge in [0.2, 0.25) is 0 Å². The molecule has 2 heterocycles. The molecule has 1 N–H and O–H groups in total. The number of nitrogens with one attached hydrogen (secondary N) is 1. The molecule has 0 aliphatic carbocycles. The fourth-order valence-electron chi connectivity index (χ4n) is 1.44. The molecule has 0 aromatic carbocycles. The number of nitrogens with zero attached hydrogens (tertiary/aromatic N) is 1. The van der Waals surface area contributed by atoms with Crippen LogP contribution in [0, 0.1) is 6.92 Å². The summed E-state index contributed by atoms with van der Waals surface area (Å²) in [5.41, 5.74) is 0.995. The van der Waals surface area contributed by atoms with Crippen LogP contribution in [0.4, 0.5) is 5.82 Å². The molecule has 0 aliphatic heterocycles. The Hall–Kier alpha value is -0.580. The topological polar surface area (TPSA) is 24.9 Å². The van der Waals surface area contributed by atoms with Crippen molar-refractivity contribution in [3.8, 4) is 0 Å². The van der Waals surface area contributed by atoms with E-state index in [1.165, 1.54) is 4.88 Å². The summed E-state index contributed by atoms with van der Waals surface area (Å²) in [7, 11) is 0. The van der Waals surface area contributed by atoms with E-state index in [1.54, 1.807) is 11.3 Å². The second-order valence-corrected chi connectivity index (χ2v) is 6.30. The van der Waals surface area contributed by atoms with Crippen molar-refractivity contribution in [3.05, 3.63) is 43.6 Å². The molecule has 0 aliphatic rings. The molecule has 5 heteroatoms. The number of aryl methyl sites for hydroxylation is 1. The van der Waals surface area contributed by atoms with Gasteiger partial charge in [-0.1, -0.05) is 11.6 Å². The molecule has 2 nitrogen and oxygen atoms in total. The quantitative estimate of drug-likeness (QED) is 0.891. The lowest BCUT2D eigenvalue weighted by Gasteiger charge is -2.06. The number of halogens is 2. The van der Waals surface area contributed by atoms with Crippen molar-refractivity contribution in [3.63, 3.8) is 0 Å². The van der Waals surface area contributed by atoms with Crippen LogP contribution in [0.25, 0.3) is 0 Å². The van der Waals surface area contributed by atoms with Crippen molar-refractivity contribution in [1.82, 2.24) is 4.98 Å². The molecule has 2 aromatic heterocycles. The lowest BCUT2D eigenvalue weighted by atomic mass is 10.3. The summed E-state index contributed by atoms with van der Waals surface area (Å²) >= 11 is 10.9. The summed E-state index contributed by atoms with van der Waals surface area (Å²) in [5, 5.41) is 3.30. The van der Waals surface area contributed by atoms with Crippen molar-refractivity contribution >= 4 is 44.7 Å². The molecule has 0 unspecified atom stereocenters. The minimum Gasteiger partial charge on any atom is -0.370 e. The average molecular weight is 332 g/mol. The number of thiophene rings is 1. The molecule has 2 rings (SSSR count). The Balaban J connectivity index is 1.87. The number of hydrogen-bond acceptors (Lipinski definition) is 3. The van der Waals surface area contributed by atoms with Crippen molar-refractivity contribution in [2.75, 3.05) is 11.9 Å². The van der Waals surface area contributed by atoms with Crippen LogP contribution in [0.1, 0.15) is 10.6 Å². The van der Waals surface area contributed by atoms with Crippen molar-refractivity contribution in [2.24, 2.45) is 0 Å². The SMILES string of the molecule is Cc1nc(NCCc2ccc(Cl)s2)ccc1Br. The lowest BCUT2D eigenvalue weighted by Crippen LogP contribution is -2.05. The van der Waals surface area contributed by atoms with Crippen LogP contribution in [-0.2, 0) is 6.42 Å². The third kappa shape index (κ3) is 3.69. The van der Waals surface area contributed by atoms with E-state index < -0.39 is 0 Å². The van der Waals surface area contributed by atoms with Gasteiger partial charge in [-0.2, -0.15) is 0 Å². The highest BCUT2D eigenvalue weighted by atomic mass is 79.9. The fraction of sp³-hybridized carbons (Fsp3) is 0.250. The number of hydrogen-bond donors (Lipinski definition) is 1. The van der Waals surface area contributed by atoms with Crippen molar-refractivity contribution in [1.29, 1.82) is 0 Å². The predicted octanol–water partition coefficient (Wildman–Crippen LogP) is 4.52. The van der Waals surface area contributed by atoms with Gasteiger partial charge < -0.3 is 5.32 Å². The lowest BCUT2D eigenvalue weighted by molar-refractivity contribution is 1.02. The van der Waals surface area contributed by atoms with Crippen LogP contribution < -0.4 is 5.32 Å². The van der Waals surface area contributed by atoms with E-state index in [0.717, 1.165) is 33.3 Å². The Bertz CT molecular complexity index is 513. The molecule has 2 aromatic rings. The monoisotopic (exact) mass is 330 g/mol. The third-order valence-electron chi connectivity index (χ3n) is 2.33. The first kappa shape index (κ1) is 12.9. The molecule has 0 saturated carbocycles. The first-order valence-corrected chi connectivity index (χ1v) is 7.25. The molecule has 0 bridgehead atoms. The highest BCUT2D eigenvalue weighted by molar-refractivity contribution is 9.10. The molecule has 0 amide bonds. The second kappa shape index (κ2) is 5.85. The zero-order chi connectivity index (χ0) is 12.3. The van der Waals surface area contributed by atoms with Gasteiger partial charge in [-0.15, -0.1) is 11.3 Å². The van der Waals surface area contributed by atoms with E-state index in [1.807, 2.05) is 25.1 Å². The van der Waals surface area contributed by atoms with Crippen LogP contribution in [-0.4, -0.2) is 11.5 Å². The molecular formula is C12H12BrClN2S. The summed E-state index contributed by atoms with van der Waals surface area (Å²) in [6, 6.07) is 7.98. The summed E-state index contributed by atoms with van der Waals surface area (Å²) < 4.78 is 1.88. The number of aromatic nitrogens is 1. The van der Waals surface area contributed by atoms with Gasteiger partial charge in [-0.25, -0.2) is 4.98 Å². The van der Waals surface area contributed by atoms with E-state index in [2.05, 4.69) is 32.3 Å². The standard InChI is InChI=1S/C12H12BrClN2S/c1-8-10(13)3-5-12(16-8)15-7-6-9-2-4-11(14)17-9/h2-5H,6-7H2,1H3,(H,15,16). The highest BCUT2D eigenvalue weighted by Gasteiger charge is 2.00. The molecule has 17 heavy (non-hydrogen) atoms. The summed E-state index contributed by atoms with van der Waals surface area (Å²) in [5.74, 6) is 0.911. The van der Waals surface area contributed by atoms with E-state index in [4.69, 9.17) is 11.6 Å². The van der Waals surface area contributed by atoms with Gasteiger partial charge >= 0.3 is 0 Å². The van der Waals surface area contributed by atoms with E-state index in [9.17, 15) is 0 Å². The van der Waals surface area contributed by atoms with Gasteiger partial charge in [0.15, 0.2) is 0 Å². The van der Waals surface area contributed by atoms with Crippen LogP contribution in [0.3, 0.4) is 0 Å². The molecular weight excluding hydrogens is 320 g/mol. The Labute approximate surface area is 118 Å². The fourth-order valence-corrected chi connectivity index (χ4v) is 2.75. The Kier molecular flexibility index (Phi) is 4.42. The van der Waals surface area contributed by atoms with Crippen LogP contribution >= 0.6 is 38.9 Å². The second-order valence-electron chi connectivity index (χ2n) is 3.65. The number of anilines is 1. The Morgan fingerprint density at radius 2 is 2.18 bits per heavy atom. The van der Waals surface area contributed by atoms with Gasteiger partial charge in [0.05, 0.1) is 10.0 Å². The van der Waals surface area contributed by atoms with Crippen LogP contribution in [0.15, 0.2) is 28.7 Å². The number of rotatable bonds is 4. The predicted molar refractivity (Wildman–Crippen MR) is 78.2 cm³/mol.